The Morgan fingerprint density at radius 1 is 1.52 bits per heavy atom. The van der Waals surface area contributed by atoms with Gasteiger partial charge in [0.2, 0.25) is 0 Å². The summed E-state index contributed by atoms with van der Waals surface area (Å²) in [6.45, 7) is 8.13. The quantitative estimate of drug-likeness (QED) is 0.824. The molecule has 6 heteroatoms. The zero-order chi connectivity index (χ0) is 15.6. The number of amides is 1. The van der Waals surface area contributed by atoms with Crippen LogP contribution >= 0.6 is 11.3 Å². The van der Waals surface area contributed by atoms with Crippen LogP contribution in [0.25, 0.3) is 10.2 Å². The lowest BCUT2D eigenvalue weighted by molar-refractivity contribution is 0.0677. The van der Waals surface area contributed by atoms with Crippen molar-refractivity contribution in [2.75, 3.05) is 26.8 Å². The minimum atomic E-state index is 0.0846. The van der Waals surface area contributed by atoms with Crippen molar-refractivity contribution in [2.45, 2.75) is 20.8 Å². The Kier molecular flexibility index (Phi) is 5.00. The Hall–Kier alpha value is -1.40. The normalized spacial score (nSPS) is 11.5. The van der Waals surface area contributed by atoms with Crippen LogP contribution in [-0.2, 0) is 11.8 Å². The van der Waals surface area contributed by atoms with E-state index < -0.39 is 0 Å². The predicted octanol–water partition coefficient (Wildman–Crippen LogP) is 2.69. The molecule has 2 aromatic rings. The Labute approximate surface area is 129 Å². The number of aromatic nitrogens is 2. The summed E-state index contributed by atoms with van der Waals surface area (Å²) >= 11 is 1.51. The van der Waals surface area contributed by atoms with Gasteiger partial charge in [-0.05, 0) is 18.9 Å². The van der Waals surface area contributed by atoms with E-state index in [9.17, 15) is 4.79 Å². The van der Waals surface area contributed by atoms with Crippen LogP contribution in [0.3, 0.4) is 0 Å². The number of carbonyl (C=O) groups excluding carboxylic acids is 1. The molecule has 0 radical (unpaired) electrons. The van der Waals surface area contributed by atoms with Crippen molar-refractivity contribution in [3.8, 4) is 0 Å². The van der Waals surface area contributed by atoms with Gasteiger partial charge in [0.25, 0.3) is 5.91 Å². The first kappa shape index (κ1) is 16.0. The lowest BCUT2D eigenvalue weighted by Crippen LogP contribution is -2.36. The molecule has 0 spiro atoms. The number of ether oxygens (including phenoxy) is 1. The molecule has 0 aliphatic carbocycles. The molecule has 5 nitrogen and oxygen atoms in total. The van der Waals surface area contributed by atoms with Gasteiger partial charge in [0.1, 0.15) is 4.83 Å². The first-order valence-electron chi connectivity index (χ1n) is 7.15. The second-order valence-corrected chi connectivity index (χ2v) is 6.71. The maximum absolute atomic E-state index is 12.7. The van der Waals surface area contributed by atoms with E-state index in [4.69, 9.17) is 4.74 Å². The second-order valence-electron chi connectivity index (χ2n) is 5.68. The highest BCUT2D eigenvalue weighted by Gasteiger charge is 2.21. The van der Waals surface area contributed by atoms with Gasteiger partial charge in [0.15, 0.2) is 0 Å². The summed E-state index contributed by atoms with van der Waals surface area (Å²) in [6.07, 6.45) is 0. The van der Waals surface area contributed by atoms with Gasteiger partial charge in [-0.1, -0.05) is 13.8 Å². The lowest BCUT2D eigenvalue weighted by Gasteiger charge is -2.23. The van der Waals surface area contributed by atoms with E-state index in [1.54, 1.807) is 7.11 Å². The third kappa shape index (κ3) is 3.44. The van der Waals surface area contributed by atoms with Crippen LogP contribution in [0.4, 0.5) is 0 Å². The van der Waals surface area contributed by atoms with Gasteiger partial charge in [-0.15, -0.1) is 11.3 Å². The predicted molar refractivity (Wildman–Crippen MR) is 85.9 cm³/mol. The second kappa shape index (κ2) is 6.58. The van der Waals surface area contributed by atoms with Crippen molar-refractivity contribution < 1.29 is 9.53 Å². The average molecular weight is 309 g/mol. The number of methoxy groups -OCH3 is 1. The van der Waals surface area contributed by atoms with Gasteiger partial charge in [-0.2, -0.15) is 5.10 Å². The topological polar surface area (TPSA) is 47.4 Å². The molecule has 0 atom stereocenters. The van der Waals surface area contributed by atoms with Crippen molar-refractivity contribution in [3.63, 3.8) is 0 Å². The van der Waals surface area contributed by atoms with Crippen LogP contribution < -0.4 is 0 Å². The van der Waals surface area contributed by atoms with E-state index in [1.807, 2.05) is 29.6 Å². The number of fused-ring (bicyclic) bond motifs is 1. The van der Waals surface area contributed by atoms with Crippen molar-refractivity contribution in [2.24, 2.45) is 13.0 Å². The van der Waals surface area contributed by atoms with E-state index in [0.29, 0.717) is 19.1 Å². The van der Waals surface area contributed by atoms with E-state index in [-0.39, 0.29) is 5.91 Å². The molecule has 0 fully saturated rings. The highest BCUT2D eigenvalue weighted by atomic mass is 32.1. The molecular formula is C15H23N3O2S. The third-order valence-corrected chi connectivity index (χ3v) is 4.53. The Balaban J connectivity index is 2.26. The van der Waals surface area contributed by atoms with Crippen LogP contribution in [0.1, 0.15) is 29.2 Å². The molecule has 0 saturated carbocycles. The number of hydrogen-bond acceptors (Lipinski definition) is 4. The molecule has 0 bridgehead atoms. The molecule has 0 aromatic carbocycles. The van der Waals surface area contributed by atoms with Gasteiger partial charge < -0.3 is 9.64 Å². The summed E-state index contributed by atoms with van der Waals surface area (Å²) in [7, 11) is 3.57. The van der Waals surface area contributed by atoms with Crippen molar-refractivity contribution in [1.29, 1.82) is 0 Å². The fourth-order valence-electron chi connectivity index (χ4n) is 2.38. The zero-order valence-electron chi connectivity index (χ0n) is 13.3. The first-order chi connectivity index (χ1) is 9.93. The number of hydrogen-bond donors (Lipinski definition) is 0. The number of aryl methyl sites for hydroxylation is 2. The summed E-state index contributed by atoms with van der Waals surface area (Å²) < 4.78 is 6.96. The van der Waals surface area contributed by atoms with Crippen molar-refractivity contribution in [3.05, 3.63) is 16.6 Å². The summed E-state index contributed by atoms with van der Waals surface area (Å²) in [5.74, 6) is 0.518. The first-order valence-corrected chi connectivity index (χ1v) is 7.97. The average Bonchev–Trinajstić information content (AvgIpc) is 2.96. The number of carbonyl (C=O) groups is 1. The Morgan fingerprint density at radius 3 is 2.81 bits per heavy atom. The standard InChI is InChI=1S/C15H23N3O2S/c1-10(2)9-18(6-7-20-5)14(19)13-8-12-11(3)16-17(4)15(12)21-13/h8,10H,6-7,9H2,1-5H3. The van der Waals surface area contributed by atoms with Crippen molar-refractivity contribution >= 4 is 27.5 Å². The molecule has 0 N–H and O–H groups in total. The van der Waals surface area contributed by atoms with Crippen LogP contribution in [0.2, 0.25) is 0 Å². The highest BCUT2D eigenvalue weighted by Crippen LogP contribution is 2.28. The fourth-order valence-corrected chi connectivity index (χ4v) is 3.48. The van der Waals surface area contributed by atoms with Gasteiger partial charge in [0.05, 0.1) is 17.2 Å². The third-order valence-electron chi connectivity index (χ3n) is 3.35. The Morgan fingerprint density at radius 2 is 2.24 bits per heavy atom. The maximum atomic E-state index is 12.7. The van der Waals surface area contributed by atoms with Crippen LogP contribution in [0, 0.1) is 12.8 Å². The van der Waals surface area contributed by atoms with Gasteiger partial charge in [-0.25, -0.2) is 0 Å². The summed E-state index contributed by atoms with van der Waals surface area (Å²) in [6, 6.07) is 1.96. The minimum Gasteiger partial charge on any atom is -0.383 e. The van der Waals surface area contributed by atoms with Crippen LogP contribution in [0.5, 0.6) is 0 Å². The highest BCUT2D eigenvalue weighted by molar-refractivity contribution is 7.20. The van der Waals surface area contributed by atoms with Crippen LogP contribution in [-0.4, -0.2) is 47.4 Å². The molecule has 2 rings (SSSR count). The summed E-state index contributed by atoms with van der Waals surface area (Å²) in [5.41, 5.74) is 0.968. The SMILES string of the molecule is COCCN(CC(C)C)C(=O)c1cc2c(C)nn(C)c2s1. The van der Waals surface area contributed by atoms with E-state index in [1.165, 1.54) is 11.3 Å². The number of rotatable bonds is 6. The maximum Gasteiger partial charge on any atom is 0.264 e. The van der Waals surface area contributed by atoms with E-state index in [2.05, 4.69) is 18.9 Å². The largest absolute Gasteiger partial charge is 0.383 e. The van der Waals surface area contributed by atoms with Crippen molar-refractivity contribution in [1.82, 2.24) is 14.7 Å². The lowest BCUT2D eigenvalue weighted by atomic mass is 10.2. The number of thiophene rings is 1. The molecule has 0 aliphatic heterocycles. The zero-order valence-corrected chi connectivity index (χ0v) is 14.2. The molecule has 2 aromatic heterocycles. The Bertz CT molecular complexity index is 596. The molecule has 0 unspecified atom stereocenters. The molecule has 21 heavy (non-hydrogen) atoms. The smallest absolute Gasteiger partial charge is 0.264 e. The van der Waals surface area contributed by atoms with Gasteiger partial charge in [0, 0.05) is 32.6 Å². The molecule has 1 amide bonds. The molecule has 2 heterocycles. The molecule has 0 saturated heterocycles. The van der Waals surface area contributed by atoms with E-state index >= 15 is 0 Å². The summed E-state index contributed by atoms with van der Waals surface area (Å²) in [5, 5.41) is 5.45. The molecular weight excluding hydrogens is 286 g/mol. The molecule has 0 aliphatic rings. The van der Waals surface area contributed by atoms with E-state index in [0.717, 1.165) is 27.3 Å². The van der Waals surface area contributed by atoms with Gasteiger partial charge >= 0.3 is 0 Å². The monoisotopic (exact) mass is 309 g/mol. The minimum absolute atomic E-state index is 0.0846. The van der Waals surface area contributed by atoms with Gasteiger partial charge in [-0.3, -0.25) is 9.48 Å². The molecule has 116 valence electrons. The number of nitrogens with zero attached hydrogens (tertiary/aromatic N) is 3. The van der Waals surface area contributed by atoms with Crippen LogP contribution in [0.15, 0.2) is 6.07 Å². The summed E-state index contributed by atoms with van der Waals surface area (Å²) in [4.78, 5) is 16.4. The fraction of sp³-hybridized carbons (Fsp3) is 0.600.